The molecule has 0 saturated heterocycles. The van der Waals surface area contributed by atoms with Gasteiger partial charge >= 0.3 is 0 Å². The summed E-state index contributed by atoms with van der Waals surface area (Å²) in [5, 5.41) is 2.52. The summed E-state index contributed by atoms with van der Waals surface area (Å²) in [5.41, 5.74) is 0.231. The fourth-order valence-electron chi connectivity index (χ4n) is 1.34. The molecular formula is C12H18N2O4S. The molecule has 0 spiro atoms. The van der Waals surface area contributed by atoms with Crippen molar-refractivity contribution in [2.45, 2.75) is 24.8 Å². The van der Waals surface area contributed by atoms with Crippen LogP contribution in [-0.4, -0.2) is 34.1 Å². The summed E-state index contributed by atoms with van der Waals surface area (Å²) in [7, 11) is -2.30. The number of rotatable bonds is 6. The number of amides is 1. The molecule has 1 rings (SSSR count). The van der Waals surface area contributed by atoms with Crippen molar-refractivity contribution in [2.75, 3.05) is 19.0 Å². The van der Waals surface area contributed by atoms with E-state index in [-0.39, 0.29) is 23.3 Å². The molecule has 0 unspecified atom stereocenters. The van der Waals surface area contributed by atoms with E-state index < -0.39 is 15.9 Å². The molecule has 0 aliphatic carbocycles. The molecule has 7 heteroatoms. The van der Waals surface area contributed by atoms with Crippen LogP contribution in [0.1, 0.15) is 13.8 Å². The Kier molecular flexibility index (Phi) is 5.46. The molecule has 1 aromatic carbocycles. The van der Waals surface area contributed by atoms with Crippen LogP contribution in [0, 0.1) is 0 Å². The van der Waals surface area contributed by atoms with Gasteiger partial charge in [-0.25, -0.2) is 13.1 Å². The van der Waals surface area contributed by atoms with Crippen LogP contribution in [0.5, 0.6) is 0 Å². The van der Waals surface area contributed by atoms with Gasteiger partial charge in [0.1, 0.15) is 11.5 Å². The number of carbonyl (C=O) groups excluding carboxylic acids is 1. The molecule has 0 aliphatic rings. The van der Waals surface area contributed by atoms with E-state index in [1.54, 1.807) is 12.1 Å². The van der Waals surface area contributed by atoms with Crippen LogP contribution in [0.4, 0.5) is 5.69 Å². The third kappa shape index (κ3) is 4.62. The molecular weight excluding hydrogens is 268 g/mol. The number of hydrogen-bond acceptors (Lipinski definition) is 4. The van der Waals surface area contributed by atoms with Crippen LogP contribution in [0.2, 0.25) is 0 Å². The fraction of sp³-hybridized carbons (Fsp3) is 0.417. The van der Waals surface area contributed by atoms with Gasteiger partial charge in [-0.1, -0.05) is 12.1 Å². The highest BCUT2D eigenvalue weighted by Crippen LogP contribution is 2.20. The standard InChI is InChI=1S/C12H18N2O4S/c1-9(2)18-8-12(15)14-10-6-4-5-7-11(10)19(16,17)13-3/h4-7,9,13H,8H2,1-3H3,(H,14,15). The molecule has 1 amide bonds. The molecule has 2 N–H and O–H groups in total. The smallest absolute Gasteiger partial charge is 0.250 e. The van der Waals surface area contributed by atoms with Crippen molar-refractivity contribution < 1.29 is 17.9 Å². The average molecular weight is 286 g/mol. The topological polar surface area (TPSA) is 84.5 Å². The monoisotopic (exact) mass is 286 g/mol. The highest BCUT2D eigenvalue weighted by atomic mass is 32.2. The quantitative estimate of drug-likeness (QED) is 0.815. The van der Waals surface area contributed by atoms with E-state index >= 15 is 0 Å². The number of carbonyl (C=O) groups is 1. The number of anilines is 1. The van der Waals surface area contributed by atoms with Gasteiger partial charge in [0, 0.05) is 0 Å². The molecule has 0 saturated carbocycles. The molecule has 0 heterocycles. The highest BCUT2D eigenvalue weighted by molar-refractivity contribution is 7.89. The lowest BCUT2D eigenvalue weighted by atomic mass is 10.3. The largest absolute Gasteiger partial charge is 0.369 e. The van der Waals surface area contributed by atoms with Gasteiger partial charge in [0.25, 0.3) is 0 Å². The lowest BCUT2D eigenvalue weighted by molar-refractivity contribution is -0.121. The highest BCUT2D eigenvalue weighted by Gasteiger charge is 2.17. The summed E-state index contributed by atoms with van der Waals surface area (Å²) in [5.74, 6) is -0.396. The van der Waals surface area contributed by atoms with E-state index in [2.05, 4.69) is 10.0 Å². The summed E-state index contributed by atoms with van der Waals surface area (Å²) >= 11 is 0. The summed E-state index contributed by atoms with van der Waals surface area (Å²) in [6.45, 7) is 3.50. The van der Waals surface area contributed by atoms with E-state index in [1.807, 2.05) is 13.8 Å². The third-order valence-corrected chi connectivity index (χ3v) is 3.74. The number of para-hydroxylation sites is 1. The SMILES string of the molecule is CNS(=O)(=O)c1ccccc1NC(=O)COC(C)C. The minimum atomic E-state index is -3.61. The van der Waals surface area contributed by atoms with Crippen LogP contribution in [0.15, 0.2) is 29.2 Å². The van der Waals surface area contributed by atoms with Crippen molar-refractivity contribution in [3.63, 3.8) is 0 Å². The number of benzene rings is 1. The van der Waals surface area contributed by atoms with Gasteiger partial charge in [-0.3, -0.25) is 4.79 Å². The lowest BCUT2D eigenvalue weighted by Gasteiger charge is -2.12. The maximum absolute atomic E-state index is 11.8. The zero-order valence-corrected chi connectivity index (χ0v) is 12.0. The average Bonchev–Trinajstić information content (AvgIpc) is 2.37. The number of ether oxygens (including phenoxy) is 1. The van der Waals surface area contributed by atoms with E-state index in [0.29, 0.717) is 0 Å². The Labute approximate surface area is 113 Å². The first-order valence-electron chi connectivity index (χ1n) is 5.81. The molecule has 0 aromatic heterocycles. The molecule has 106 valence electrons. The maximum atomic E-state index is 11.8. The second-order valence-electron chi connectivity index (χ2n) is 4.11. The first kappa shape index (κ1) is 15.6. The molecule has 0 atom stereocenters. The number of sulfonamides is 1. The molecule has 6 nitrogen and oxygen atoms in total. The van der Waals surface area contributed by atoms with Crippen LogP contribution < -0.4 is 10.0 Å². The zero-order valence-electron chi connectivity index (χ0n) is 11.1. The molecule has 0 bridgehead atoms. The Bertz CT molecular complexity index is 540. The van der Waals surface area contributed by atoms with Crippen LogP contribution in [0.3, 0.4) is 0 Å². The van der Waals surface area contributed by atoms with Gasteiger partial charge < -0.3 is 10.1 Å². The number of nitrogens with one attached hydrogen (secondary N) is 2. The van der Waals surface area contributed by atoms with Gasteiger partial charge in [0.05, 0.1) is 11.8 Å². The van der Waals surface area contributed by atoms with Gasteiger partial charge in [-0.15, -0.1) is 0 Å². The second kappa shape index (κ2) is 6.65. The lowest BCUT2D eigenvalue weighted by Crippen LogP contribution is -2.24. The molecule has 0 fully saturated rings. The minimum Gasteiger partial charge on any atom is -0.369 e. The molecule has 1 aromatic rings. The van der Waals surface area contributed by atoms with Crippen molar-refractivity contribution in [3.8, 4) is 0 Å². The Morgan fingerprint density at radius 1 is 1.32 bits per heavy atom. The van der Waals surface area contributed by atoms with Crippen molar-refractivity contribution in [2.24, 2.45) is 0 Å². The van der Waals surface area contributed by atoms with Gasteiger partial charge in [-0.2, -0.15) is 0 Å². The first-order chi connectivity index (χ1) is 8.86. The third-order valence-electron chi connectivity index (χ3n) is 2.27. The molecule has 0 radical (unpaired) electrons. The van der Waals surface area contributed by atoms with Crippen LogP contribution in [0.25, 0.3) is 0 Å². The normalized spacial score (nSPS) is 11.6. The van der Waals surface area contributed by atoms with Crippen molar-refractivity contribution >= 4 is 21.6 Å². The second-order valence-corrected chi connectivity index (χ2v) is 5.97. The van der Waals surface area contributed by atoms with Gasteiger partial charge in [0.15, 0.2) is 0 Å². The van der Waals surface area contributed by atoms with Crippen molar-refractivity contribution in [1.82, 2.24) is 4.72 Å². The molecule has 19 heavy (non-hydrogen) atoms. The predicted octanol–water partition coefficient (Wildman–Crippen LogP) is 0.958. The minimum absolute atomic E-state index is 0.0235. The van der Waals surface area contributed by atoms with Gasteiger partial charge in [0.2, 0.25) is 15.9 Å². The van der Waals surface area contributed by atoms with E-state index in [9.17, 15) is 13.2 Å². The van der Waals surface area contributed by atoms with Crippen LogP contribution in [-0.2, 0) is 19.6 Å². The Hall–Kier alpha value is -1.44. The first-order valence-corrected chi connectivity index (χ1v) is 7.29. The van der Waals surface area contributed by atoms with E-state index in [1.165, 1.54) is 19.2 Å². The molecule has 0 aliphatic heterocycles. The summed E-state index contributed by atoms with van der Waals surface area (Å²) < 4.78 is 30.9. The summed E-state index contributed by atoms with van der Waals surface area (Å²) in [4.78, 5) is 11.7. The van der Waals surface area contributed by atoms with Gasteiger partial charge in [-0.05, 0) is 33.0 Å². The zero-order chi connectivity index (χ0) is 14.5. The maximum Gasteiger partial charge on any atom is 0.250 e. The summed E-state index contributed by atoms with van der Waals surface area (Å²) in [6.07, 6.45) is -0.0676. The summed E-state index contributed by atoms with van der Waals surface area (Å²) in [6, 6.07) is 6.18. The fourth-order valence-corrected chi connectivity index (χ4v) is 2.23. The van der Waals surface area contributed by atoms with E-state index in [4.69, 9.17) is 4.74 Å². The van der Waals surface area contributed by atoms with Crippen molar-refractivity contribution in [3.05, 3.63) is 24.3 Å². The van der Waals surface area contributed by atoms with Crippen LogP contribution >= 0.6 is 0 Å². The Morgan fingerprint density at radius 3 is 2.53 bits per heavy atom. The Balaban J connectivity index is 2.88. The Morgan fingerprint density at radius 2 is 1.95 bits per heavy atom. The van der Waals surface area contributed by atoms with E-state index in [0.717, 1.165) is 0 Å². The van der Waals surface area contributed by atoms with Crippen molar-refractivity contribution in [1.29, 1.82) is 0 Å². The number of hydrogen-bond donors (Lipinski definition) is 2. The predicted molar refractivity (Wildman–Crippen MR) is 72.4 cm³/mol.